The maximum absolute atomic E-state index is 9.51. The number of aromatic amines is 1. The molecule has 0 bridgehead atoms. The molecule has 0 saturated carbocycles. The maximum Gasteiger partial charge on any atom is 0.138 e. The second kappa shape index (κ2) is 4.99. The van der Waals surface area contributed by atoms with Crippen LogP contribution in [-0.2, 0) is 6.54 Å². The summed E-state index contributed by atoms with van der Waals surface area (Å²) in [4.78, 5) is 10.0. The molecule has 0 atom stereocenters. The van der Waals surface area contributed by atoms with E-state index in [9.17, 15) is 5.11 Å². The number of pyridine rings is 1. The summed E-state index contributed by atoms with van der Waals surface area (Å²) in [5.74, 6) is 0. The fourth-order valence-corrected chi connectivity index (χ4v) is 3.00. The van der Waals surface area contributed by atoms with Crippen LogP contribution in [0.1, 0.15) is 18.5 Å². The van der Waals surface area contributed by atoms with E-state index in [1.54, 1.807) is 6.20 Å². The van der Waals surface area contributed by atoms with E-state index in [4.69, 9.17) is 0 Å². The molecule has 18 heavy (non-hydrogen) atoms. The molecule has 0 radical (unpaired) electrons. The van der Waals surface area contributed by atoms with E-state index in [2.05, 4.69) is 36.9 Å². The van der Waals surface area contributed by atoms with Crippen molar-refractivity contribution in [2.75, 3.05) is 13.1 Å². The molecule has 2 aromatic rings. The highest BCUT2D eigenvalue weighted by atomic mass is 79.9. The van der Waals surface area contributed by atoms with Gasteiger partial charge in [0.05, 0.1) is 6.10 Å². The van der Waals surface area contributed by atoms with Crippen molar-refractivity contribution in [1.82, 2.24) is 14.9 Å². The second-order valence-electron chi connectivity index (χ2n) is 4.82. The Hall–Kier alpha value is -0.910. The van der Waals surface area contributed by atoms with Gasteiger partial charge in [0.15, 0.2) is 0 Å². The quantitative estimate of drug-likeness (QED) is 0.895. The Labute approximate surface area is 114 Å². The van der Waals surface area contributed by atoms with E-state index < -0.39 is 0 Å². The van der Waals surface area contributed by atoms with Crippen molar-refractivity contribution in [3.8, 4) is 0 Å². The van der Waals surface area contributed by atoms with Crippen LogP contribution in [0, 0.1) is 0 Å². The molecule has 2 N–H and O–H groups in total. The number of nitrogens with zero attached hydrogens (tertiary/aromatic N) is 2. The van der Waals surface area contributed by atoms with Crippen LogP contribution in [0.25, 0.3) is 11.0 Å². The van der Waals surface area contributed by atoms with Crippen LogP contribution in [0.3, 0.4) is 0 Å². The summed E-state index contributed by atoms with van der Waals surface area (Å²) in [6, 6.07) is 4.01. The van der Waals surface area contributed by atoms with Gasteiger partial charge in [0, 0.05) is 41.4 Å². The van der Waals surface area contributed by atoms with Crippen molar-refractivity contribution >= 4 is 27.0 Å². The van der Waals surface area contributed by atoms with Crippen LogP contribution in [-0.4, -0.2) is 39.2 Å². The molecular weight excluding hydrogens is 294 g/mol. The van der Waals surface area contributed by atoms with Crippen LogP contribution in [0.4, 0.5) is 0 Å². The standard InChI is InChI=1S/C13H16BrN3O/c14-12-10-2-1-5-15-13(10)16-11(12)8-17-6-3-9(18)4-7-17/h1-2,5,9,18H,3-4,6-8H2,(H,15,16). The predicted molar refractivity (Wildman–Crippen MR) is 74.3 cm³/mol. The summed E-state index contributed by atoms with van der Waals surface area (Å²) >= 11 is 3.64. The molecule has 3 rings (SSSR count). The Kier molecular flexibility index (Phi) is 3.37. The molecule has 0 spiro atoms. The molecule has 0 aliphatic carbocycles. The first-order valence-electron chi connectivity index (χ1n) is 6.25. The van der Waals surface area contributed by atoms with E-state index in [1.165, 1.54) is 5.69 Å². The molecule has 0 amide bonds. The zero-order valence-corrected chi connectivity index (χ0v) is 11.7. The van der Waals surface area contributed by atoms with Gasteiger partial charge in [-0.2, -0.15) is 0 Å². The zero-order valence-electron chi connectivity index (χ0n) is 10.1. The average molecular weight is 310 g/mol. The lowest BCUT2D eigenvalue weighted by atomic mass is 10.1. The average Bonchev–Trinajstić information content (AvgIpc) is 2.70. The van der Waals surface area contributed by atoms with Crippen molar-refractivity contribution in [2.24, 2.45) is 0 Å². The van der Waals surface area contributed by atoms with E-state index >= 15 is 0 Å². The van der Waals surface area contributed by atoms with Crippen LogP contribution in [0.2, 0.25) is 0 Å². The van der Waals surface area contributed by atoms with Gasteiger partial charge < -0.3 is 10.1 Å². The fourth-order valence-electron chi connectivity index (χ4n) is 2.45. The van der Waals surface area contributed by atoms with E-state index in [-0.39, 0.29) is 6.10 Å². The molecule has 1 saturated heterocycles. The number of likely N-dealkylation sites (tertiary alicyclic amines) is 1. The Morgan fingerprint density at radius 2 is 2.22 bits per heavy atom. The lowest BCUT2D eigenvalue weighted by Gasteiger charge is -2.29. The summed E-state index contributed by atoms with van der Waals surface area (Å²) in [5, 5.41) is 10.6. The number of nitrogens with one attached hydrogen (secondary N) is 1. The van der Waals surface area contributed by atoms with Gasteiger partial charge in [0.1, 0.15) is 5.65 Å². The normalized spacial score (nSPS) is 18.6. The van der Waals surface area contributed by atoms with Crippen LogP contribution in [0.15, 0.2) is 22.8 Å². The van der Waals surface area contributed by atoms with Gasteiger partial charge in [-0.15, -0.1) is 0 Å². The molecule has 1 fully saturated rings. The Morgan fingerprint density at radius 1 is 1.44 bits per heavy atom. The molecule has 3 heterocycles. The van der Waals surface area contributed by atoms with E-state index in [0.29, 0.717) is 0 Å². The highest BCUT2D eigenvalue weighted by Crippen LogP contribution is 2.28. The fraction of sp³-hybridized carbons (Fsp3) is 0.462. The number of halogens is 1. The first-order chi connectivity index (χ1) is 8.74. The first-order valence-corrected chi connectivity index (χ1v) is 7.05. The number of hydrogen-bond acceptors (Lipinski definition) is 3. The third kappa shape index (κ3) is 2.30. The van der Waals surface area contributed by atoms with Gasteiger partial charge in [-0.25, -0.2) is 4.98 Å². The third-order valence-electron chi connectivity index (χ3n) is 3.52. The first kappa shape index (κ1) is 12.1. The number of aliphatic hydroxyl groups excluding tert-OH is 1. The van der Waals surface area contributed by atoms with Gasteiger partial charge in [-0.1, -0.05) is 0 Å². The SMILES string of the molecule is OC1CCN(Cc2[nH]c3ncccc3c2Br)CC1. The zero-order chi connectivity index (χ0) is 12.5. The van der Waals surface area contributed by atoms with Crippen molar-refractivity contribution in [1.29, 1.82) is 0 Å². The summed E-state index contributed by atoms with van der Waals surface area (Å²) in [5.41, 5.74) is 2.09. The Balaban J connectivity index is 1.80. The summed E-state index contributed by atoms with van der Waals surface area (Å²) in [7, 11) is 0. The van der Waals surface area contributed by atoms with Crippen molar-refractivity contribution in [2.45, 2.75) is 25.5 Å². The van der Waals surface area contributed by atoms with Gasteiger partial charge in [-0.3, -0.25) is 4.90 Å². The molecule has 96 valence electrons. The van der Waals surface area contributed by atoms with Gasteiger partial charge in [-0.05, 0) is 40.9 Å². The van der Waals surface area contributed by atoms with Crippen LogP contribution < -0.4 is 0 Å². The molecule has 2 aromatic heterocycles. The highest BCUT2D eigenvalue weighted by molar-refractivity contribution is 9.10. The van der Waals surface area contributed by atoms with E-state index in [1.807, 2.05) is 6.07 Å². The molecule has 4 nitrogen and oxygen atoms in total. The smallest absolute Gasteiger partial charge is 0.138 e. The number of hydrogen-bond donors (Lipinski definition) is 2. The highest BCUT2D eigenvalue weighted by Gasteiger charge is 2.19. The van der Waals surface area contributed by atoms with Gasteiger partial charge in [0.2, 0.25) is 0 Å². The largest absolute Gasteiger partial charge is 0.393 e. The summed E-state index contributed by atoms with van der Waals surface area (Å²) in [6.07, 6.45) is 3.42. The van der Waals surface area contributed by atoms with Crippen LogP contribution >= 0.6 is 15.9 Å². The molecule has 0 unspecified atom stereocenters. The topological polar surface area (TPSA) is 52.1 Å². The minimum Gasteiger partial charge on any atom is -0.393 e. The molecule has 1 aliphatic heterocycles. The number of rotatable bonds is 2. The minimum absolute atomic E-state index is 0.117. The second-order valence-corrected chi connectivity index (χ2v) is 5.62. The molecule has 5 heteroatoms. The number of aliphatic hydroxyl groups is 1. The molecular formula is C13H16BrN3O. The third-order valence-corrected chi connectivity index (χ3v) is 4.42. The molecule has 0 aromatic carbocycles. The summed E-state index contributed by atoms with van der Waals surface area (Å²) in [6.45, 7) is 2.79. The number of fused-ring (bicyclic) bond motifs is 1. The molecule has 1 aliphatic rings. The Bertz CT molecular complexity index is 546. The number of piperidine rings is 1. The number of aromatic nitrogens is 2. The van der Waals surface area contributed by atoms with Crippen molar-refractivity contribution < 1.29 is 5.11 Å². The van der Waals surface area contributed by atoms with E-state index in [0.717, 1.165) is 48.0 Å². The van der Waals surface area contributed by atoms with Crippen molar-refractivity contribution in [3.05, 3.63) is 28.5 Å². The van der Waals surface area contributed by atoms with Crippen LogP contribution in [0.5, 0.6) is 0 Å². The summed E-state index contributed by atoms with van der Waals surface area (Å²) < 4.78 is 1.11. The maximum atomic E-state index is 9.51. The van der Waals surface area contributed by atoms with Crippen molar-refractivity contribution in [3.63, 3.8) is 0 Å². The lowest BCUT2D eigenvalue weighted by molar-refractivity contribution is 0.0787. The number of H-pyrrole nitrogens is 1. The lowest BCUT2D eigenvalue weighted by Crippen LogP contribution is -2.35. The Morgan fingerprint density at radius 3 is 2.94 bits per heavy atom. The van der Waals surface area contributed by atoms with Gasteiger partial charge in [0.25, 0.3) is 0 Å². The minimum atomic E-state index is -0.117. The predicted octanol–water partition coefficient (Wildman–Crippen LogP) is 2.28. The monoisotopic (exact) mass is 309 g/mol. The van der Waals surface area contributed by atoms with Gasteiger partial charge >= 0.3 is 0 Å².